The van der Waals surface area contributed by atoms with Crippen molar-refractivity contribution in [2.45, 2.75) is 27.7 Å². The molecule has 1 aromatic carbocycles. The monoisotopic (exact) mass is 260 g/mol. The molecule has 0 unspecified atom stereocenters. The van der Waals surface area contributed by atoms with Gasteiger partial charge in [-0.2, -0.15) is 0 Å². The summed E-state index contributed by atoms with van der Waals surface area (Å²) >= 11 is 0. The second-order valence-corrected chi connectivity index (χ2v) is 5.58. The predicted octanol–water partition coefficient (Wildman–Crippen LogP) is 2.01. The molecular weight excluding hydrogens is 236 g/mol. The molecule has 1 heterocycles. The van der Waals surface area contributed by atoms with Crippen molar-refractivity contribution in [2.24, 2.45) is 0 Å². The van der Waals surface area contributed by atoms with Gasteiger partial charge in [0.05, 0.1) is 6.54 Å². The molecule has 0 aromatic heterocycles. The van der Waals surface area contributed by atoms with Crippen LogP contribution in [0, 0.1) is 27.7 Å². The van der Waals surface area contributed by atoms with Gasteiger partial charge in [-0.05, 0) is 49.9 Å². The molecule has 1 saturated heterocycles. The van der Waals surface area contributed by atoms with Crippen LogP contribution in [0.3, 0.4) is 0 Å². The predicted molar refractivity (Wildman–Crippen MR) is 79.0 cm³/mol. The van der Waals surface area contributed by atoms with Gasteiger partial charge in [-0.15, -0.1) is 0 Å². The van der Waals surface area contributed by atoms with E-state index in [2.05, 4.69) is 44.0 Å². The van der Waals surface area contributed by atoms with Crippen LogP contribution in [0.5, 0.6) is 0 Å². The van der Waals surface area contributed by atoms with Gasteiger partial charge < -0.3 is 5.32 Å². The first-order chi connectivity index (χ1) is 9.00. The number of nitrogens with one attached hydrogen (secondary N) is 1. The van der Waals surface area contributed by atoms with Crippen LogP contribution in [-0.4, -0.2) is 43.4 Å². The molecule has 1 aliphatic heterocycles. The maximum atomic E-state index is 12.6. The molecular formula is C16H24N2O. The minimum absolute atomic E-state index is 0.267. The molecule has 104 valence electrons. The summed E-state index contributed by atoms with van der Waals surface area (Å²) in [5, 5.41) is 3.32. The van der Waals surface area contributed by atoms with Gasteiger partial charge in [0.1, 0.15) is 0 Å². The van der Waals surface area contributed by atoms with E-state index in [1.807, 2.05) is 0 Å². The number of carbonyl (C=O) groups is 1. The first kappa shape index (κ1) is 14.2. The van der Waals surface area contributed by atoms with Gasteiger partial charge in [0.15, 0.2) is 5.78 Å². The molecule has 0 atom stereocenters. The number of hydrogen-bond acceptors (Lipinski definition) is 3. The molecule has 1 aromatic rings. The van der Waals surface area contributed by atoms with E-state index in [9.17, 15) is 4.79 Å². The Balaban J connectivity index is 2.23. The first-order valence-corrected chi connectivity index (χ1v) is 7.04. The lowest BCUT2D eigenvalue weighted by atomic mass is 9.91. The zero-order chi connectivity index (χ0) is 14.0. The molecule has 0 bridgehead atoms. The lowest BCUT2D eigenvalue weighted by Crippen LogP contribution is -2.45. The molecule has 0 saturated carbocycles. The van der Waals surface area contributed by atoms with Crippen LogP contribution in [0.15, 0.2) is 6.07 Å². The minimum Gasteiger partial charge on any atom is -0.314 e. The minimum atomic E-state index is 0.267. The Bertz CT molecular complexity index is 462. The molecule has 0 aliphatic carbocycles. The molecule has 0 spiro atoms. The Kier molecular flexibility index (Phi) is 4.38. The maximum Gasteiger partial charge on any atom is 0.177 e. The Morgan fingerprint density at radius 3 is 2.16 bits per heavy atom. The van der Waals surface area contributed by atoms with Crippen molar-refractivity contribution >= 4 is 5.78 Å². The van der Waals surface area contributed by atoms with E-state index in [-0.39, 0.29) is 5.78 Å². The van der Waals surface area contributed by atoms with E-state index in [1.54, 1.807) is 0 Å². The zero-order valence-corrected chi connectivity index (χ0v) is 12.5. The fraction of sp³-hybridized carbons (Fsp3) is 0.562. The van der Waals surface area contributed by atoms with Crippen molar-refractivity contribution in [1.82, 2.24) is 10.2 Å². The van der Waals surface area contributed by atoms with Crippen molar-refractivity contribution in [3.63, 3.8) is 0 Å². The molecule has 2 rings (SSSR count). The van der Waals surface area contributed by atoms with Crippen LogP contribution < -0.4 is 5.32 Å². The molecule has 3 nitrogen and oxygen atoms in total. The normalized spacial score (nSPS) is 16.6. The summed E-state index contributed by atoms with van der Waals surface area (Å²) in [7, 11) is 0. The van der Waals surface area contributed by atoms with Gasteiger partial charge >= 0.3 is 0 Å². The van der Waals surface area contributed by atoms with Crippen molar-refractivity contribution in [2.75, 3.05) is 32.7 Å². The fourth-order valence-corrected chi connectivity index (χ4v) is 2.79. The third kappa shape index (κ3) is 3.04. The Hall–Kier alpha value is -1.19. The molecule has 0 amide bonds. The van der Waals surface area contributed by atoms with Crippen LogP contribution in [-0.2, 0) is 0 Å². The average molecular weight is 260 g/mol. The average Bonchev–Trinajstić information content (AvgIpc) is 2.38. The number of ketones is 1. The second kappa shape index (κ2) is 5.85. The third-order valence-electron chi connectivity index (χ3n) is 4.22. The van der Waals surface area contributed by atoms with E-state index >= 15 is 0 Å². The molecule has 0 radical (unpaired) electrons. The second-order valence-electron chi connectivity index (χ2n) is 5.58. The number of aryl methyl sites for hydroxylation is 2. The van der Waals surface area contributed by atoms with Crippen LogP contribution >= 0.6 is 0 Å². The summed E-state index contributed by atoms with van der Waals surface area (Å²) in [5.74, 6) is 0.267. The maximum absolute atomic E-state index is 12.6. The summed E-state index contributed by atoms with van der Waals surface area (Å²) < 4.78 is 0. The number of piperazine rings is 1. The highest BCUT2D eigenvalue weighted by Crippen LogP contribution is 2.22. The number of benzene rings is 1. The van der Waals surface area contributed by atoms with Crippen molar-refractivity contribution in [3.05, 3.63) is 33.9 Å². The van der Waals surface area contributed by atoms with Crippen LogP contribution in [0.1, 0.15) is 32.6 Å². The smallest absolute Gasteiger partial charge is 0.177 e. The summed E-state index contributed by atoms with van der Waals surface area (Å²) in [5.41, 5.74) is 5.65. The van der Waals surface area contributed by atoms with E-state index in [0.717, 1.165) is 42.9 Å². The third-order valence-corrected chi connectivity index (χ3v) is 4.22. The molecule has 19 heavy (non-hydrogen) atoms. The van der Waals surface area contributed by atoms with Crippen LogP contribution in [0.25, 0.3) is 0 Å². The summed E-state index contributed by atoms with van der Waals surface area (Å²) in [6.07, 6.45) is 0. The van der Waals surface area contributed by atoms with Crippen molar-refractivity contribution in [3.8, 4) is 0 Å². The topological polar surface area (TPSA) is 32.3 Å². The Labute approximate surface area is 116 Å². The van der Waals surface area contributed by atoms with Crippen molar-refractivity contribution < 1.29 is 4.79 Å². The van der Waals surface area contributed by atoms with Gasteiger partial charge in [-0.25, -0.2) is 0 Å². The SMILES string of the molecule is Cc1cc(C)c(C)c(C(=O)CN2CCNCC2)c1C. The largest absolute Gasteiger partial charge is 0.314 e. The number of Topliss-reactive ketones (excluding diaryl/α,β-unsaturated/α-hetero) is 1. The van der Waals surface area contributed by atoms with Gasteiger partial charge in [-0.3, -0.25) is 9.69 Å². The summed E-state index contributed by atoms with van der Waals surface area (Å²) in [4.78, 5) is 14.8. The molecule has 3 heteroatoms. The Morgan fingerprint density at radius 1 is 1.11 bits per heavy atom. The number of hydrogen-bond donors (Lipinski definition) is 1. The Morgan fingerprint density at radius 2 is 1.63 bits per heavy atom. The van der Waals surface area contributed by atoms with Gasteiger partial charge in [-0.1, -0.05) is 6.07 Å². The fourth-order valence-electron chi connectivity index (χ4n) is 2.79. The van der Waals surface area contributed by atoms with Crippen LogP contribution in [0.2, 0.25) is 0 Å². The van der Waals surface area contributed by atoms with Gasteiger partial charge in [0, 0.05) is 31.7 Å². The molecule has 1 aliphatic rings. The standard InChI is InChI=1S/C16H24N2O/c1-11-9-12(2)14(4)16(13(11)3)15(19)10-18-7-5-17-6-8-18/h9,17H,5-8,10H2,1-4H3. The number of nitrogens with zero attached hydrogens (tertiary/aromatic N) is 1. The lowest BCUT2D eigenvalue weighted by molar-refractivity contribution is 0.0920. The highest BCUT2D eigenvalue weighted by molar-refractivity contribution is 6.00. The van der Waals surface area contributed by atoms with E-state index < -0.39 is 0 Å². The highest BCUT2D eigenvalue weighted by Gasteiger charge is 2.19. The zero-order valence-electron chi connectivity index (χ0n) is 12.5. The van der Waals surface area contributed by atoms with Gasteiger partial charge in [0.2, 0.25) is 0 Å². The highest BCUT2D eigenvalue weighted by atomic mass is 16.1. The number of carbonyl (C=O) groups excluding carboxylic acids is 1. The van der Waals surface area contributed by atoms with E-state index in [0.29, 0.717) is 6.54 Å². The van der Waals surface area contributed by atoms with E-state index in [1.165, 1.54) is 11.1 Å². The van der Waals surface area contributed by atoms with E-state index in [4.69, 9.17) is 0 Å². The quantitative estimate of drug-likeness (QED) is 0.844. The molecule has 1 fully saturated rings. The summed E-state index contributed by atoms with van der Waals surface area (Å²) in [6, 6.07) is 2.17. The molecule has 1 N–H and O–H groups in total. The summed E-state index contributed by atoms with van der Waals surface area (Å²) in [6.45, 7) is 12.7. The van der Waals surface area contributed by atoms with Crippen LogP contribution in [0.4, 0.5) is 0 Å². The van der Waals surface area contributed by atoms with Gasteiger partial charge in [0.25, 0.3) is 0 Å². The number of rotatable bonds is 3. The lowest BCUT2D eigenvalue weighted by Gasteiger charge is -2.27. The van der Waals surface area contributed by atoms with Crippen molar-refractivity contribution in [1.29, 1.82) is 0 Å². The first-order valence-electron chi connectivity index (χ1n) is 7.04.